The average molecular weight is 405 g/mol. The van der Waals surface area contributed by atoms with Gasteiger partial charge in [-0.05, 0) is 47.5 Å². The van der Waals surface area contributed by atoms with Crippen LogP contribution in [0.25, 0.3) is 22.1 Å². The minimum atomic E-state index is -0.971. The molecule has 0 radical (unpaired) electrons. The lowest BCUT2D eigenvalue weighted by molar-refractivity contribution is -0.991. The molecular formula is C23H19NO6. The standard InChI is InChI=1S/C23H19NO6/c1-28-18-8-4-16(5-9-18)21-14-30-22-12-19(10-11-20(22)23(21)25)29-13-15-2-6-17(7-3-15)24(26)27/h2-12,14,24,26H,13H2,1H3. The molecule has 0 spiro atoms. The van der Waals surface area contributed by atoms with Crippen LogP contribution in [0.4, 0.5) is 5.69 Å². The van der Waals surface area contributed by atoms with Crippen molar-refractivity contribution in [3.05, 3.63) is 94.0 Å². The van der Waals surface area contributed by atoms with Crippen LogP contribution in [0.3, 0.4) is 0 Å². The lowest BCUT2D eigenvalue weighted by Crippen LogP contribution is -2.99. The first-order valence-electron chi connectivity index (χ1n) is 9.20. The van der Waals surface area contributed by atoms with Crippen molar-refractivity contribution in [1.29, 1.82) is 0 Å². The van der Waals surface area contributed by atoms with Crippen LogP contribution in [0.15, 0.2) is 82.2 Å². The minimum Gasteiger partial charge on any atom is -0.595 e. The third-order valence-corrected chi connectivity index (χ3v) is 4.75. The zero-order chi connectivity index (χ0) is 21.1. The molecule has 152 valence electrons. The van der Waals surface area contributed by atoms with Crippen molar-refractivity contribution in [3.8, 4) is 22.6 Å². The summed E-state index contributed by atoms with van der Waals surface area (Å²) >= 11 is 0. The summed E-state index contributed by atoms with van der Waals surface area (Å²) in [6, 6.07) is 18.7. The van der Waals surface area contributed by atoms with E-state index in [1.807, 2.05) is 12.1 Å². The van der Waals surface area contributed by atoms with Crippen LogP contribution in [-0.2, 0) is 6.61 Å². The molecule has 7 nitrogen and oxygen atoms in total. The molecule has 0 fully saturated rings. The molecule has 1 unspecified atom stereocenters. The summed E-state index contributed by atoms with van der Waals surface area (Å²) in [5, 5.41) is 19.4. The number of rotatable bonds is 6. The third kappa shape index (κ3) is 4.04. The molecule has 4 rings (SSSR count). The van der Waals surface area contributed by atoms with Crippen LogP contribution in [-0.4, -0.2) is 12.3 Å². The highest BCUT2D eigenvalue weighted by atomic mass is 16.8. The van der Waals surface area contributed by atoms with Gasteiger partial charge in [0.15, 0.2) is 11.1 Å². The Morgan fingerprint density at radius 1 is 1.00 bits per heavy atom. The van der Waals surface area contributed by atoms with Crippen LogP contribution >= 0.6 is 0 Å². The molecule has 7 heteroatoms. The third-order valence-electron chi connectivity index (χ3n) is 4.75. The van der Waals surface area contributed by atoms with Crippen molar-refractivity contribution in [3.63, 3.8) is 0 Å². The molecule has 0 saturated carbocycles. The van der Waals surface area contributed by atoms with Gasteiger partial charge in [-0.1, -0.05) is 12.1 Å². The summed E-state index contributed by atoms with van der Waals surface area (Å²) < 4.78 is 16.6. The van der Waals surface area contributed by atoms with Crippen molar-refractivity contribution < 1.29 is 24.3 Å². The van der Waals surface area contributed by atoms with Gasteiger partial charge in [0.25, 0.3) is 0 Å². The van der Waals surface area contributed by atoms with Crippen LogP contribution < -0.4 is 20.1 Å². The quantitative estimate of drug-likeness (QED) is 0.477. The molecule has 1 atom stereocenters. The van der Waals surface area contributed by atoms with E-state index in [-0.39, 0.29) is 17.7 Å². The number of hydrogen-bond donors (Lipinski definition) is 2. The van der Waals surface area contributed by atoms with E-state index < -0.39 is 5.23 Å². The Labute approximate surface area is 171 Å². The maximum Gasteiger partial charge on any atom is 0.200 e. The molecule has 0 aliphatic carbocycles. The fourth-order valence-electron chi connectivity index (χ4n) is 3.08. The largest absolute Gasteiger partial charge is 0.595 e. The topological polar surface area (TPSA) is 96.4 Å². The highest BCUT2D eigenvalue weighted by Crippen LogP contribution is 2.25. The van der Waals surface area contributed by atoms with Gasteiger partial charge in [0.2, 0.25) is 0 Å². The Bertz CT molecular complexity index is 1210. The van der Waals surface area contributed by atoms with E-state index in [9.17, 15) is 10.0 Å². The van der Waals surface area contributed by atoms with E-state index in [4.69, 9.17) is 19.1 Å². The monoisotopic (exact) mass is 405 g/mol. The van der Waals surface area contributed by atoms with Crippen LogP contribution in [0.5, 0.6) is 11.5 Å². The number of quaternary nitrogens is 1. The SMILES string of the molecule is COc1ccc(-c2coc3cc(OCc4ccc([NH+]([O-])O)cc4)ccc3c2=O)cc1. The van der Waals surface area contributed by atoms with Gasteiger partial charge in [-0.3, -0.25) is 4.79 Å². The zero-order valence-electron chi connectivity index (χ0n) is 16.1. The summed E-state index contributed by atoms with van der Waals surface area (Å²) in [7, 11) is 1.59. The first-order chi connectivity index (χ1) is 14.5. The van der Waals surface area contributed by atoms with Gasteiger partial charge in [0.1, 0.15) is 30.0 Å². The van der Waals surface area contributed by atoms with Gasteiger partial charge in [-0.25, -0.2) is 5.21 Å². The summed E-state index contributed by atoms with van der Waals surface area (Å²) in [6.45, 7) is 0.263. The Balaban J connectivity index is 1.55. The molecule has 0 amide bonds. The minimum absolute atomic E-state index is 0.128. The number of nitrogens with one attached hydrogen (secondary N) is 1. The molecule has 3 aromatic carbocycles. The van der Waals surface area contributed by atoms with E-state index >= 15 is 0 Å². The highest BCUT2D eigenvalue weighted by Gasteiger charge is 2.10. The lowest BCUT2D eigenvalue weighted by Gasteiger charge is -2.12. The molecule has 30 heavy (non-hydrogen) atoms. The van der Waals surface area contributed by atoms with E-state index in [1.165, 1.54) is 18.4 Å². The van der Waals surface area contributed by atoms with Gasteiger partial charge < -0.3 is 19.1 Å². The van der Waals surface area contributed by atoms with Crippen molar-refractivity contribution in [1.82, 2.24) is 0 Å². The van der Waals surface area contributed by atoms with Crippen LogP contribution in [0.2, 0.25) is 0 Å². The lowest BCUT2D eigenvalue weighted by atomic mass is 10.1. The zero-order valence-corrected chi connectivity index (χ0v) is 16.1. The Kier molecular flexibility index (Phi) is 5.49. The molecule has 0 aliphatic rings. The van der Waals surface area contributed by atoms with E-state index in [0.29, 0.717) is 28.0 Å². The predicted octanol–water partition coefficient (Wildman–Crippen LogP) is 3.45. The maximum absolute atomic E-state index is 12.9. The van der Waals surface area contributed by atoms with Crippen molar-refractivity contribution >= 4 is 16.7 Å². The Morgan fingerprint density at radius 3 is 2.37 bits per heavy atom. The molecule has 1 heterocycles. The summed E-state index contributed by atoms with van der Waals surface area (Å²) in [5.41, 5.74) is 2.57. The van der Waals surface area contributed by atoms with Crippen LogP contribution in [0.1, 0.15) is 5.56 Å². The van der Waals surface area contributed by atoms with Gasteiger partial charge in [0, 0.05) is 18.2 Å². The van der Waals surface area contributed by atoms with E-state index in [0.717, 1.165) is 11.1 Å². The van der Waals surface area contributed by atoms with E-state index in [1.54, 1.807) is 49.6 Å². The second-order valence-electron chi connectivity index (χ2n) is 6.66. The predicted molar refractivity (Wildman–Crippen MR) is 111 cm³/mol. The molecule has 0 bridgehead atoms. The van der Waals surface area contributed by atoms with E-state index in [2.05, 4.69) is 0 Å². The van der Waals surface area contributed by atoms with Gasteiger partial charge in [0.05, 0.1) is 18.1 Å². The van der Waals surface area contributed by atoms with Crippen LogP contribution in [0, 0.1) is 5.21 Å². The molecule has 0 aliphatic heterocycles. The second kappa shape index (κ2) is 8.38. The number of fused-ring (bicyclic) bond motifs is 1. The number of benzene rings is 3. The average Bonchev–Trinajstić information content (AvgIpc) is 2.78. The summed E-state index contributed by atoms with van der Waals surface area (Å²) in [4.78, 5) is 12.9. The second-order valence-corrected chi connectivity index (χ2v) is 6.66. The van der Waals surface area contributed by atoms with Crippen molar-refractivity contribution in [2.24, 2.45) is 0 Å². The fourth-order valence-corrected chi connectivity index (χ4v) is 3.08. The highest BCUT2D eigenvalue weighted by molar-refractivity contribution is 5.82. The number of methoxy groups -OCH3 is 1. The number of ether oxygens (including phenoxy) is 2. The molecule has 4 aromatic rings. The first kappa shape index (κ1) is 19.7. The van der Waals surface area contributed by atoms with Crippen molar-refractivity contribution in [2.75, 3.05) is 7.11 Å². The molecule has 0 saturated heterocycles. The number of hydrogen-bond acceptors (Lipinski definition) is 6. The Hall–Kier alpha value is -3.65. The molecule has 1 aromatic heterocycles. The van der Waals surface area contributed by atoms with Gasteiger partial charge >= 0.3 is 0 Å². The Morgan fingerprint density at radius 2 is 1.70 bits per heavy atom. The molecular weight excluding hydrogens is 386 g/mol. The summed E-state index contributed by atoms with van der Waals surface area (Å²) in [6.07, 6.45) is 1.45. The normalized spacial score (nSPS) is 12.0. The molecule has 2 N–H and O–H groups in total. The fraction of sp³-hybridized carbons (Fsp3) is 0.0870. The first-order valence-corrected chi connectivity index (χ1v) is 9.20. The van der Waals surface area contributed by atoms with Gasteiger partial charge in [-0.15, -0.1) is 0 Å². The van der Waals surface area contributed by atoms with Crippen molar-refractivity contribution in [2.45, 2.75) is 6.61 Å². The smallest absolute Gasteiger partial charge is 0.200 e. The maximum atomic E-state index is 12.9. The summed E-state index contributed by atoms with van der Waals surface area (Å²) in [5.74, 6) is 1.26. The van der Waals surface area contributed by atoms with Gasteiger partial charge in [-0.2, -0.15) is 5.23 Å².